The predicted molar refractivity (Wildman–Crippen MR) is 85.2 cm³/mol. The molecule has 3 amide bonds. The van der Waals surface area contributed by atoms with Gasteiger partial charge >= 0.3 is 6.03 Å². The van der Waals surface area contributed by atoms with Gasteiger partial charge in [-0.2, -0.15) is 0 Å². The first-order valence-corrected chi connectivity index (χ1v) is 7.21. The van der Waals surface area contributed by atoms with Crippen LogP contribution in [-0.4, -0.2) is 34.6 Å². The van der Waals surface area contributed by atoms with Crippen LogP contribution < -0.4 is 19.7 Å². The maximum absolute atomic E-state index is 12.3. The average molecular weight is 328 g/mol. The van der Waals surface area contributed by atoms with Crippen LogP contribution in [0, 0.1) is 0 Å². The summed E-state index contributed by atoms with van der Waals surface area (Å²) in [5.74, 6) is 1.11. The highest BCUT2D eigenvalue weighted by Gasteiger charge is 2.45. The van der Waals surface area contributed by atoms with Gasteiger partial charge in [-0.1, -0.05) is 6.07 Å². The Hall–Kier alpha value is -3.16. The lowest BCUT2D eigenvalue weighted by molar-refractivity contribution is -0.121. The monoisotopic (exact) mass is 328 g/mol. The molecule has 1 aliphatic heterocycles. The molecule has 0 bridgehead atoms. The SMILES string of the molecule is COc1cccc(Oc2cc(N3C(=O)NC(C)(C)C3=O)ncn2)c1. The Morgan fingerprint density at radius 1 is 1.12 bits per heavy atom. The number of nitrogens with zero attached hydrogens (tertiary/aromatic N) is 3. The normalized spacial score (nSPS) is 16.0. The summed E-state index contributed by atoms with van der Waals surface area (Å²) in [6.07, 6.45) is 1.23. The molecule has 8 nitrogen and oxygen atoms in total. The number of nitrogens with one attached hydrogen (secondary N) is 1. The second-order valence-electron chi connectivity index (χ2n) is 5.69. The lowest BCUT2D eigenvalue weighted by Gasteiger charge is -2.15. The second kappa shape index (κ2) is 5.80. The zero-order valence-electron chi connectivity index (χ0n) is 13.4. The molecule has 0 saturated carbocycles. The summed E-state index contributed by atoms with van der Waals surface area (Å²) in [7, 11) is 1.56. The van der Waals surface area contributed by atoms with Crippen LogP contribution in [0.15, 0.2) is 36.7 Å². The van der Waals surface area contributed by atoms with Crippen LogP contribution in [0.2, 0.25) is 0 Å². The summed E-state index contributed by atoms with van der Waals surface area (Å²) in [5.41, 5.74) is -0.976. The summed E-state index contributed by atoms with van der Waals surface area (Å²) in [4.78, 5) is 33.3. The van der Waals surface area contributed by atoms with E-state index in [0.717, 1.165) is 4.90 Å². The van der Waals surface area contributed by atoms with Gasteiger partial charge in [0, 0.05) is 12.1 Å². The van der Waals surface area contributed by atoms with Crippen molar-refractivity contribution in [1.82, 2.24) is 15.3 Å². The third-order valence-electron chi connectivity index (χ3n) is 3.48. The second-order valence-corrected chi connectivity index (χ2v) is 5.69. The van der Waals surface area contributed by atoms with Gasteiger partial charge in [0.15, 0.2) is 5.82 Å². The maximum Gasteiger partial charge on any atom is 0.330 e. The molecule has 0 spiro atoms. The van der Waals surface area contributed by atoms with E-state index < -0.39 is 17.5 Å². The molecule has 1 saturated heterocycles. The van der Waals surface area contributed by atoms with E-state index in [1.807, 2.05) is 0 Å². The van der Waals surface area contributed by atoms with Crippen molar-refractivity contribution in [3.63, 3.8) is 0 Å². The highest BCUT2D eigenvalue weighted by atomic mass is 16.5. The maximum atomic E-state index is 12.3. The van der Waals surface area contributed by atoms with Crippen LogP contribution in [0.4, 0.5) is 10.6 Å². The van der Waals surface area contributed by atoms with Crippen molar-refractivity contribution in [3.8, 4) is 17.4 Å². The first-order chi connectivity index (χ1) is 11.4. The number of amides is 3. The Morgan fingerprint density at radius 2 is 1.88 bits per heavy atom. The lowest BCUT2D eigenvalue weighted by Crippen LogP contribution is -2.40. The Morgan fingerprint density at radius 3 is 2.54 bits per heavy atom. The molecule has 1 N–H and O–H groups in total. The van der Waals surface area contributed by atoms with Crippen molar-refractivity contribution >= 4 is 17.8 Å². The molecule has 124 valence electrons. The van der Waals surface area contributed by atoms with E-state index in [9.17, 15) is 9.59 Å². The van der Waals surface area contributed by atoms with Crippen molar-refractivity contribution < 1.29 is 19.1 Å². The number of methoxy groups -OCH3 is 1. The minimum absolute atomic E-state index is 0.149. The number of anilines is 1. The van der Waals surface area contributed by atoms with E-state index in [2.05, 4.69) is 15.3 Å². The quantitative estimate of drug-likeness (QED) is 0.864. The fourth-order valence-electron chi connectivity index (χ4n) is 2.25. The van der Waals surface area contributed by atoms with Gasteiger partial charge in [-0.3, -0.25) is 4.79 Å². The van der Waals surface area contributed by atoms with Crippen LogP contribution in [0.25, 0.3) is 0 Å². The number of aromatic nitrogens is 2. The number of urea groups is 1. The zero-order chi connectivity index (χ0) is 17.3. The van der Waals surface area contributed by atoms with Gasteiger partial charge in [0.1, 0.15) is 23.4 Å². The number of carbonyl (C=O) groups is 2. The molecule has 3 rings (SSSR count). The van der Waals surface area contributed by atoms with Gasteiger partial charge in [0.05, 0.1) is 7.11 Å². The molecule has 0 aliphatic carbocycles. The average Bonchev–Trinajstić information content (AvgIpc) is 2.75. The van der Waals surface area contributed by atoms with Gasteiger partial charge in [-0.05, 0) is 26.0 Å². The molecule has 1 aromatic heterocycles. The molecule has 1 fully saturated rings. The highest BCUT2D eigenvalue weighted by Crippen LogP contribution is 2.28. The molecule has 0 atom stereocenters. The molecule has 0 radical (unpaired) electrons. The number of benzene rings is 1. The molecular weight excluding hydrogens is 312 g/mol. The van der Waals surface area contributed by atoms with Gasteiger partial charge in [-0.15, -0.1) is 0 Å². The summed E-state index contributed by atoms with van der Waals surface area (Å²) >= 11 is 0. The number of hydrogen-bond acceptors (Lipinski definition) is 6. The number of rotatable bonds is 4. The summed E-state index contributed by atoms with van der Waals surface area (Å²) in [6, 6.07) is 7.89. The zero-order valence-corrected chi connectivity index (χ0v) is 13.4. The van der Waals surface area contributed by atoms with Crippen LogP contribution in [0.5, 0.6) is 17.4 Å². The molecular formula is C16H16N4O4. The third-order valence-corrected chi connectivity index (χ3v) is 3.48. The smallest absolute Gasteiger partial charge is 0.330 e. The predicted octanol–water partition coefficient (Wildman–Crippen LogP) is 2.11. The topological polar surface area (TPSA) is 93.7 Å². The van der Waals surface area contributed by atoms with E-state index in [4.69, 9.17) is 9.47 Å². The third kappa shape index (κ3) is 2.85. The van der Waals surface area contributed by atoms with E-state index in [1.54, 1.807) is 45.2 Å². The van der Waals surface area contributed by atoms with Gasteiger partial charge in [0.2, 0.25) is 5.88 Å². The number of imide groups is 1. The first-order valence-electron chi connectivity index (χ1n) is 7.21. The molecule has 1 aromatic carbocycles. The summed E-state index contributed by atoms with van der Waals surface area (Å²) < 4.78 is 10.8. The largest absolute Gasteiger partial charge is 0.497 e. The molecule has 24 heavy (non-hydrogen) atoms. The van der Waals surface area contributed by atoms with Crippen molar-refractivity contribution in [2.75, 3.05) is 12.0 Å². The van der Waals surface area contributed by atoms with E-state index in [0.29, 0.717) is 11.5 Å². The van der Waals surface area contributed by atoms with E-state index in [-0.39, 0.29) is 11.7 Å². The minimum atomic E-state index is -0.976. The Bertz CT molecular complexity index is 806. The summed E-state index contributed by atoms with van der Waals surface area (Å²) in [6.45, 7) is 3.25. The highest BCUT2D eigenvalue weighted by molar-refractivity contribution is 6.22. The Kier molecular flexibility index (Phi) is 3.80. The van der Waals surface area contributed by atoms with Crippen LogP contribution in [0.3, 0.4) is 0 Å². The van der Waals surface area contributed by atoms with Gasteiger partial charge < -0.3 is 14.8 Å². The Balaban J connectivity index is 1.87. The number of hydrogen-bond donors (Lipinski definition) is 1. The molecule has 8 heteroatoms. The van der Waals surface area contributed by atoms with Crippen LogP contribution in [0.1, 0.15) is 13.8 Å². The minimum Gasteiger partial charge on any atom is -0.497 e. The fourth-order valence-corrected chi connectivity index (χ4v) is 2.25. The lowest BCUT2D eigenvalue weighted by atomic mass is 10.1. The van der Waals surface area contributed by atoms with Crippen LogP contribution >= 0.6 is 0 Å². The summed E-state index contributed by atoms with van der Waals surface area (Å²) in [5, 5.41) is 2.60. The van der Waals surface area contributed by atoms with E-state index in [1.165, 1.54) is 12.4 Å². The van der Waals surface area contributed by atoms with Crippen LogP contribution in [-0.2, 0) is 4.79 Å². The van der Waals surface area contributed by atoms with Crippen molar-refractivity contribution in [3.05, 3.63) is 36.7 Å². The van der Waals surface area contributed by atoms with Crippen molar-refractivity contribution in [2.45, 2.75) is 19.4 Å². The van der Waals surface area contributed by atoms with Gasteiger partial charge in [0.25, 0.3) is 5.91 Å². The molecule has 1 aliphatic rings. The van der Waals surface area contributed by atoms with Crippen molar-refractivity contribution in [1.29, 1.82) is 0 Å². The van der Waals surface area contributed by atoms with Crippen molar-refractivity contribution in [2.24, 2.45) is 0 Å². The Labute approximate surface area is 138 Å². The van der Waals surface area contributed by atoms with Gasteiger partial charge in [-0.25, -0.2) is 19.7 Å². The number of carbonyl (C=O) groups excluding carboxylic acids is 2. The molecule has 2 heterocycles. The number of ether oxygens (including phenoxy) is 2. The molecule has 0 unspecified atom stereocenters. The first kappa shape index (κ1) is 15.7. The fraction of sp³-hybridized carbons (Fsp3) is 0.250. The standard InChI is InChI=1S/C16H16N4O4/c1-16(2)14(21)20(15(22)19-16)12-8-13(18-9-17-12)24-11-6-4-5-10(7-11)23-3/h4-9H,1-3H3,(H,19,22). The molecule has 2 aromatic rings. The van der Waals surface area contributed by atoms with E-state index >= 15 is 0 Å².